The molecule has 24 heavy (non-hydrogen) atoms. The van der Waals surface area contributed by atoms with Crippen molar-refractivity contribution >= 4 is 23.2 Å². The fourth-order valence-electron chi connectivity index (χ4n) is 1.69. The van der Waals surface area contributed by atoms with Gasteiger partial charge in [0.25, 0.3) is 0 Å². The molecule has 8 heteroatoms. The quantitative estimate of drug-likeness (QED) is 0.494. The lowest BCUT2D eigenvalue weighted by atomic mass is 10.2. The number of pyridine rings is 2. The number of amides is 2. The van der Waals surface area contributed by atoms with Gasteiger partial charge in [0.15, 0.2) is 0 Å². The normalized spacial score (nSPS) is 11.8. The average Bonchev–Trinajstić information content (AvgIpc) is 2.64. The number of nitrogens with one attached hydrogen (secondary N) is 2. The summed E-state index contributed by atoms with van der Waals surface area (Å²) in [4.78, 5) is 31.2. The van der Waals surface area contributed by atoms with Crippen LogP contribution < -0.4 is 10.9 Å². The largest absolute Gasteiger partial charge is 0.331 e. The van der Waals surface area contributed by atoms with Gasteiger partial charge in [0.05, 0.1) is 11.4 Å². The van der Waals surface area contributed by atoms with Crippen molar-refractivity contribution in [2.24, 2.45) is 10.2 Å². The molecule has 0 aromatic carbocycles. The van der Waals surface area contributed by atoms with Gasteiger partial charge in [-0.2, -0.15) is 10.2 Å². The summed E-state index contributed by atoms with van der Waals surface area (Å²) in [7, 11) is 0. The predicted octanol–water partition coefficient (Wildman–Crippen LogP) is 0.857. The van der Waals surface area contributed by atoms with Gasteiger partial charge in [0.2, 0.25) is 0 Å². The van der Waals surface area contributed by atoms with E-state index in [2.05, 4.69) is 31.0 Å². The highest BCUT2D eigenvalue weighted by Crippen LogP contribution is 1.98. The van der Waals surface area contributed by atoms with Crippen LogP contribution in [0.15, 0.2) is 59.3 Å². The second-order valence-corrected chi connectivity index (χ2v) is 4.75. The highest BCUT2D eigenvalue weighted by molar-refractivity contribution is 6.35. The van der Waals surface area contributed by atoms with Crippen LogP contribution in [0.2, 0.25) is 0 Å². The molecule has 2 amide bonds. The summed E-state index contributed by atoms with van der Waals surface area (Å²) in [5.74, 6) is -1.82. The molecule has 0 unspecified atom stereocenters. The standard InChI is InChI=1S/C16H16N6O2/c1-11(13-3-7-17-8-4-13)19-21-15(23)16(24)22-20-12(2)14-5-9-18-10-6-14/h3-10H,1-2H3,(H,21,23)(H,22,24). The third-order valence-electron chi connectivity index (χ3n) is 3.05. The van der Waals surface area contributed by atoms with Gasteiger partial charge in [-0.1, -0.05) is 0 Å². The molecule has 0 fully saturated rings. The second-order valence-electron chi connectivity index (χ2n) is 4.75. The van der Waals surface area contributed by atoms with E-state index in [9.17, 15) is 9.59 Å². The number of hydrazone groups is 2. The number of hydrogen-bond acceptors (Lipinski definition) is 6. The maximum Gasteiger partial charge on any atom is 0.331 e. The zero-order chi connectivity index (χ0) is 17.4. The summed E-state index contributed by atoms with van der Waals surface area (Å²) in [6.45, 7) is 3.42. The van der Waals surface area contributed by atoms with Gasteiger partial charge in [0, 0.05) is 35.9 Å². The van der Waals surface area contributed by atoms with E-state index in [1.165, 1.54) is 0 Å². The molecule has 2 rings (SSSR count). The zero-order valence-corrected chi connectivity index (χ0v) is 13.2. The van der Waals surface area contributed by atoms with Crippen molar-refractivity contribution in [2.75, 3.05) is 0 Å². The van der Waals surface area contributed by atoms with Crippen LogP contribution in [0.1, 0.15) is 25.0 Å². The van der Waals surface area contributed by atoms with Crippen molar-refractivity contribution in [2.45, 2.75) is 13.8 Å². The Morgan fingerprint density at radius 3 is 1.42 bits per heavy atom. The topological polar surface area (TPSA) is 109 Å². The molecule has 0 saturated carbocycles. The zero-order valence-electron chi connectivity index (χ0n) is 13.2. The number of nitrogens with zero attached hydrogens (tertiary/aromatic N) is 4. The lowest BCUT2D eigenvalue weighted by Gasteiger charge is -2.03. The number of carbonyl (C=O) groups is 2. The van der Waals surface area contributed by atoms with Crippen LogP contribution >= 0.6 is 0 Å². The molecule has 2 heterocycles. The molecule has 2 N–H and O–H groups in total. The monoisotopic (exact) mass is 324 g/mol. The number of carbonyl (C=O) groups excluding carboxylic acids is 2. The van der Waals surface area contributed by atoms with Gasteiger partial charge < -0.3 is 0 Å². The smallest absolute Gasteiger partial charge is 0.265 e. The van der Waals surface area contributed by atoms with Crippen LogP contribution in [-0.2, 0) is 9.59 Å². The van der Waals surface area contributed by atoms with E-state index in [4.69, 9.17) is 0 Å². The minimum Gasteiger partial charge on any atom is -0.265 e. The van der Waals surface area contributed by atoms with Gasteiger partial charge in [-0.15, -0.1) is 0 Å². The summed E-state index contributed by atoms with van der Waals surface area (Å²) in [6, 6.07) is 6.97. The van der Waals surface area contributed by atoms with Crippen molar-refractivity contribution in [3.05, 3.63) is 60.2 Å². The number of aromatic nitrogens is 2. The molecule has 0 aliphatic rings. The maximum atomic E-state index is 11.7. The highest BCUT2D eigenvalue weighted by atomic mass is 16.2. The SMILES string of the molecule is CC(=NNC(=O)C(=O)NN=C(C)c1ccncc1)c1ccncc1. The average molecular weight is 324 g/mol. The van der Waals surface area contributed by atoms with Gasteiger partial charge >= 0.3 is 11.8 Å². The maximum absolute atomic E-state index is 11.7. The molecule has 0 bridgehead atoms. The molecule has 2 aromatic rings. The summed E-state index contributed by atoms with van der Waals surface area (Å²) in [5, 5.41) is 7.74. The van der Waals surface area contributed by atoms with Crippen LogP contribution in [0.3, 0.4) is 0 Å². The first kappa shape index (κ1) is 16.9. The van der Waals surface area contributed by atoms with E-state index >= 15 is 0 Å². The first-order chi connectivity index (χ1) is 11.6. The molecule has 0 spiro atoms. The summed E-state index contributed by atoms with van der Waals surface area (Å²) in [5.41, 5.74) is 7.04. The lowest BCUT2D eigenvalue weighted by Crippen LogP contribution is -2.36. The van der Waals surface area contributed by atoms with Crippen molar-refractivity contribution in [3.63, 3.8) is 0 Å². The highest BCUT2D eigenvalue weighted by Gasteiger charge is 2.12. The van der Waals surface area contributed by atoms with Crippen LogP contribution in [0.5, 0.6) is 0 Å². The first-order valence-corrected chi connectivity index (χ1v) is 7.07. The molecule has 2 aromatic heterocycles. The summed E-state index contributed by atoms with van der Waals surface area (Å²) < 4.78 is 0. The van der Waals surface area contributed by atoms with Crippen molar-refractivity contribution in [1.82, 2.24) is 20.8 Å². The molecular formula is C16H16N6O2. The Kier molecular flexibility index (Phi) is 5.84. The molecule has 0 aliphatic heterocycles. The Labute approximate surface area is 138 Å². The van der Waals surface area contributed by atoms with Crippen LogP contribution in [0.4, 0.5) is 0 Å². The van der Waals surface area contributed by atoms with Gasteiger partial charge in [-0.05, 0) is 38.1 Å². The van der Waals surface area contributed by atoms with E-state index < -0.39 is 11.8 Å². The molecule has 0 aliphatic carbocycles. The molecule has 0 atom stereocenters. The summed E-state index contributed by atoms with van der Waals surface area (Å²) >= 11 is 0. The third kappa shape index (κ3) is 4.80. The second kappa shape index (κ2) is 8.28. The van der Waals surface area contributed by atoms with E-state index in [1.54, 1.807) is 62.9 Å². The van der Waals surface area contributed by atoms with E-state index in [0.29, 0.717) is 11.4 Å². The molecule has 0 radical (unpaired) electrons. The Bertz CT molecular complexity index is 704. The molecule has 122 valence electrons. The fraction of sp³-hybridized carbons (Fsp3) is 0.125. The van der Waals surface area contributed by atoms with Gasteiger partial charge in [-0.25, -0.2) is 10.9 Å². The minimum atomic E-state index is -0.908. The first-order valence-electron chi connectivity index (χ1n) is 7.07. The van der Waals surface area contributed by atoms with Gasteiger partial charge in [0.1, 0.15) is 0 Å². The Hall–Kier alpha value is -3.42. The molecule has 0 saturated heterocycles. The molecular weight excluding hydrogens is 308 g/mol. The summed E-state index contributed by atoms with van der Waals surface area (Å²) in [6.07, 6.45) is 6.44. The van der Waals surface area contributed by atoms with Crippen LogP contribution in [0, 0.1) is 0 Å². The van der Waals surface area contributed by atoms with Crippen molar-refractivity contribution < 1.29 is 9.59 Å². The Balaban J connectivity index is 1.92. The minimum absolute atomic E-state index is 0.551. The third-order valence-corrected chi connectivity index (χ3v) is 3.05. The van der Waals surface area contributed by atoms with E-state index in [1.807, 2.05) is 0 Å². The fourth-order valence-corrected chi connectivity index (χ4v) is 1.69. The lowest BCUT2D eigenvalue weighted by molar-refractivity contribution is -0.139. The van der Waals surface area contributed by atoms with E-state index in [0.717, 1.165) is 11.1 Å². The number of hydrogen-bond donors (Lipinski definition) is 2. The molecule has 8 nitrogen and oxygen atoms in total. The van der Waals surface area contributed by atoms with Crippen molar-refractivity contribution in [3.8, 4) is 0 Å². The van der Waals surface area contributed by atoms with Crippen LogP contribution in [-0.4, -0.2) is 33.2 Å². The van der Waals surface area contributed by atoms with Gasteiger partial charge in [-0.3, -0.25) is 19.6 Å². The Morgan fingerprint density at radius 1 is 0.750 bits per heavy atom. The van der Waals surface area contributed by atoms with Crippen LogP contribution in [0.25, 0.3) is 0 Å². The predicted molar refractivity (Wildman–Crippen MR) is 89.2 cm³/mol. The number of rotatable bonds is 4. The van der Waals surface area contributed by atoms with Crippen molar-refractivity contribution in [1.29, 1.82) is 0 Å². The Morgan fingerprint density at radius 2 is 1.08 bits per heavy atom. The van der Waals surface area contributed by atoms with E-state index in [-0.39, 0.29) is 0 Å².